The van der Waals surface area contributed by atoms with Gasteiger partial charge in [0.2, 0.25) is 0 Å². The lowest BCUT2D eigenvalue weighted by atomic mass is 9.84. The van der Waals surface area contributed by atoms with Gasteiger partial charge in [-0.15, -0.1) is 0 Å². The molecular weight excluding hydrogens is 520 g/mol. The molecule has 0 aromatic rings. The highest BCUT2D eigenvalue weighted by Crippen LogP contribution is 2.27. The molecule has 41 heavy (non-hydrogen) atoms. The fourth-order valence-corrected chi connectivity index (χ4v) is 5.23. The zero-order valence-electron chi connectivity index (χ0n) is 26.7. The molecule has 1 aliphatic heterocycles. The number of ketones is 1. The first-order chi connectivity index (χ1) is 19.1. The Bertz CT molecular complexity index is 1000. The van der Waals surface area contributed by atoms with Crippen LogP contribution in [0.25, 0.3) is 0 Å². The molecule has 1 rings (SSSR count). The summed E-state index contributed by atoms with van der Waals surface area (Å²) in [6, 6.07) is 0. The van der Waals surface area contributed by atoms with Crippen LogP contribution >= 0.6 is 0 Å². The van der Waals surface area contributed by atoms with E-state index in [2.05, 4.69) is 0 Å². The Balaban J connectivity index is 3.41. The van der Waals surface area contributed by atoms with E-state index < -0.39 is 48.3 Å². The van der Waals surface area contributed by atoms with Crippen molar-refractivity contribution in [2.75, 3.05) is 7.11 Å². The van der Waals surface area contributed by atoms with Gasteiger partial charge in [-0.25, -0.2) is 4.79 Å². The lowest BCUT2D eigenvalue weighted by Gasteiger charge is -2.33. The normalized spacial score (nSPS) is 33.6. The maximum Gasteiger partial charge on any atom is 0.334 e. The average molecular weight is 575 g/mol. The van der Waals surface area contributed by atoms with Crippen LogP contribution in [0.2, 0.25) is 0 Å². The Morgan fingerprint density at radius 2 is 1.80 bits per heavy atom. The molecule has 10 atom stereocenters. The van der Waals surface area contributed by atoms with Crippen LogP contribution in [0, 0.1) is 29.6 Å². The molecule has 3 N–H and O–H groups in total. The second-order valence-electron chi connectivity index (χ2n) is 12.0. The van der Waals surface area contributed by atoms with Gasteiger partial charge < -0.3 is 24.8 Å². The van der Waals surface area contributed by atoms with E-state index in [0.717, 1.165) is 11.1 Å². The third-order valence-electron chi connectivity index (χ3n) is 8.19. The fraction of sp³-hybridized carbons (Fsp3) is 0.647. The van der Waals surface area contributed by atoms with Crippen molar-refractivity contribution in [1.29, 1.82) is 0 Å². The quantitative estimate of drug-likeness (QED) is 0.246. The molecular formula is C34H54O7. The van der Waals surface area contributed by atoms with E-state index in [0.29, 0.717) is 18.4 Å². The Morgan fingerprint density at radius 3 is 2.39 bits per heavy atom. The molecule has 3 unspecified atom stereocenters. The van der Waals surface area contributed by atoms with Gasteiger partial charge in [-0.3, -0.25) is 4.79 Å². The summed E-state index contributed by atoms with van der Waals surface area (Å²) in [6.45, 7) is 16.6. The predicted molar refractivity (Wildman–Crippen MR) is 164 cm³/mol. The predicted octanol–water partition coefficient (Wildman–Crippen LogP) is 5.51. The highest BCUT2D eigenvalue weighted by molar-refractivity contribution is 5.92. The topological polar surface area (TPSA) is 113 Å². The number of methoxy groups -OCH3 is 1. The van der Waals surface area contributed by atoms with Gasteiger partial charge in [0.25, 0.3) is 0 Å². The number of esters is 1. The minimum absolute atomic E-state index is 0.0316. The summed E-state index contributed by atoms with van der Waals surface area (Å²) < 4.78 is 11.7. The van der Waals surface area contributed by atoms with E-state index in [1.54, 1.807) is 39.0 Å². The molecule has 0 fully saturated rings. The molecule has 7 heteroatoms. The summed E-state index contributed by atoms with van der Waals surface area (Å²) in [5.41, 5.74) is 2.28. The SMILES string of the molecule is CC[C@H](O)[C@@H](C)/C=C/C(=O)[C@@H](C)C(O)[C@@H](C)C1OC(=O)/C(C)=C/C(C)=C\[C@H](C)C(O)[C@@H](C)C/C(C)=C/C=C/[C@H]1OC. The van der Waals surface area contributed by atoms with Gasteiger partial charge in [0.05, 0.1) is 18.3 Å². The van der Waals surface area contributed by atoms with Crippen LogP contribution in [0.3, 0.4) is 0 Å². The molecule has 0 aliphatic carbocycles. The van der Waals surface area contributed by atoms with Crippen molar-refractivity contribution in [2.24, 2.45) is 29.6 Å². The smallest absolute Gasteiger partial charge is 0.334 e. The number of ether oxygens (including phenoxy) is 2. The van der Waals surface area contributed by atoms with Crippen molar-refractivity contribution in [3.63, 3.8) is 0 Å². The number of carbonyl (C=O) groups is 2. The minimum atomic E-state index is -1.13. The standard InChI is InChI=1S/C34H54O7/c1-11-28(35)22(4)15-16-29(36)26(8)32(38)27(9)33-30(40-10)14-12-13-20(2)17-23(5)31(37)24(6)18-21(3)19-25(7)34(39)41-33/h12-16,18-19,22-24,26-28,30-33,35,37-38H,11,17H2,1-10H3/b14-12+,16-15+,20-13+,21-18-,25-19+/t22-,23-,24-,26+,27+,28-,30+,31?,32?,33?/m0/s1. The van der Waals surface area contributed by atoms with Crippen molar-refractivity contribution in [3.8, 4) is 0 Å². The first-order valence-corrected chi connectivity index (χ1v) is 14.8. The lowest BCUT2D eigenvalue weighted by molar-refractivity contribution is -0.158. The maximum atomic E-state index is 13.2. The van der Waals surface area contributed by atoms with E-state index in [1.807, 2.05) is 59.8 Å². The number of hydrogen-bond donors (Lipinski definition) is 3. The van der Waals surface area contributed by atoms with Crippen molar-refractivity contribution >= 4 is 11.8 Å². The number of allylic oxidation sites excluding steroid dienone is 6. The number of cyclic esters (lactones) is 1. The van der Waals surface area contributed by atoms with Crippen molar-refractivity contribution in [1.82, 2.24) is 0 Å². The molecule has 0 bridgehead atoms. The third kappa shape index (κ3) is 11.5. The molecule has 232 valence electrons. The van der Waals surface area contributed by atoms with Crippen LogP contribution in [-0.2, 0) is 19.1 Å². The Labute approximate surface area is 247 Å². The van der Waals surface area contributed by atoms with E-state index in [-0.39, 0.29) is 23.5 Å². The molecule has 7 nitrogen and oxygen atoms in total. The molecule has 0 saturated heterocycles. The first-order valence-electron chi connectivity index (χ1n) is 14.8. The number of aliphatic hydroxyl groups excluding tert-OH is 3. The van der Waals surface area contributed by atoms with Gasteiger partial charge in [0.15, 0.2) is 5.78 Å². The van der Waals surface area contributed by atoms with Crippen LogP contribution < -0.4 is 0 Å². The van der Waals surface area contributed by atoms with Crippen LogP contribution in [0.15, 0.2) is 59.3 Å². The second-order valence-corrected chi connectivity index (χ2v) is 12.0. The van der Waals surface area contributed by atoms with Gasteiger partial charge >= 0.3 is 5.97 Å². The fourth-order valence-electron chi connectivity index (χ4n) is 5.23. The average Bonchev–Trinajstić information content (AvgIpc) is 2.93. The Hall–Kier alpha value is -2.32. The van der Waals surface area contributed by atoms with Crippen LogP contribution in [0.1, 0.15) is 75.2 Å². The van der Waals surface area contributed by atoms with E-state index >= 15 is 0 Å². The van der Waals surface area contributed by atoms with Crippen LogP contribution in [0.5, 0.6) is 0 Å². The molecule has 0 aromatic carbocycles. The third-order valence-corrected chi connectivity index (χ3v) is 8.19. The number of hydrogen-bond acceptors (Lipinski definition) is 7. The van der Waals surface area contributed by atoms with Gasteiger partial charge in [0, 0.05) is 36.4 Å². The molecule has 0 spiro atoms. The number of rotatable bonds is 9. The highest BCUT2D eigenvalue weighted by atomic mass is 16.6. The number of carbonyl (C=O) groups excluding carboxylic acids is 2. The summed E-state index contributed by atoms with van der Waals surface area (Å²) in [6.07, 6.45) is 9.82. The van der Waals surface area contributed by atoms with Gasteiger partial charge in [-0.1, -0.05) is 83.1 Å². The Morgan fingerprint density at radius 1 is 1.17 bits per heavy atom. The van der Waals surface area contributed by atoms with Crippen LogP contribution in [-0.4, -0.2) is 64.7 Å². The molecule has 0 radical (unpaired) electrons. The minimum Gasteiger partial charge on any atom is -0.456 e. The van der Waals surface area contributed by atoms with Crippen molar-refractivity contribution < 1.29 is 34.4 Å². The molecule has 0 aromatic heterocycles. The van der Waals surface area contributed by atoms with E-state index in [1.165, 1.54) is 13.2 Å². The molecule has 0 saturated carbocycles. The van der Waals surface area contributed by atoms with Crippen LogP contribution in [0.4, 0.5) is 0 Å². The molecule has 0 amide bonds. The van der Waals surface area contributed by atoms with Crippen molar-refractivity contribution in [2.45, 2.75) is 106 Å². The summed E-state index contributed by atoms with van der Waals surface area (Å²) in [7, 11) is 1.51. The second kappa shape index (κ2) is 17.6. The van der Waals surface area contributed by atoms with Crippen molar-refractivity contribution in [3.05, 3.63) is 59.3 Å². The zero-order chi connectivity index (χ0) is 31.4. The first kappa shape index (κ1) is 36.7. The summed E-state index contributed by atoms with van der Waals surface area (Å²) in [4.78, 5) is 26.2. The summed E-state index contributed by atoms with van der Waals surface area (Å²) in [5.74, 6) is -2.52. The molecule has 1 heterocycles. The zero-order valence-corrected chi connectivity index (χ0v) is 26.7. The highest BCUT2D eigenvalue weighted by Gasteiger charge is 2.37. The number of aliphatic hydroxyl groups is 3. The summed E-state index contributed by atoms with van der Waals surface area (Å²) in [5, 5.41) is 32.1. The van der Waals surface area contributed by atoms with E-state index in [4.69, 9.17) is 9.47 Å². The van der Waals surface area contributed by atoms with Gasteiger partial charge in [0.1, 0.15) is 12.2 Å². The maximum absolute atomic E-state index is 13.2. The van der Waals surface area contributed by atoms with Gasteiger partial charge in [-0.2, -0.15) is 0 Å². The Kier molecular flexibility index (Phi) is 15.8. The van der Waals surface area contributed by atoms with Gasteiger partial charge in [-0.05, 0) is 51.7 Å². The monoisotopic (exact) mass is 574 g/mol. The largest absolute Gasteiger partial charge is 0.456 e. The lowest BCUT2D eigenvalue weighted by Crippen LogP contribution is -2.45. The molecule has 1 aliphatic rings. The summed E-state index contributed by atoms with van der Waals surface area (Å²) >= 11 is 0. The van der Waals surface area contributed by atoms with E-state index in [9.17, 15) is 24.9 Å².